The minimum atomic E-state index is -3.68. The van der Waals surface area contributed by atoms with Crippen LogP contribution in [0, 0.1) is 0 Å². The molecule has 6 nitrogen and oxygen atoms in total. The van der Waals surface area contributed by atoms with E-state index < -0.39 is 13.3 Å². The second-order valence-corrected chi connectivity index (χ2v) is 7.46. The molecule has 7 heteroatoms. The molecule has 1 heterocycles. The summed E-state index contributed by atoms with van der Waals surface area (Å²) < 4.78 is 25.8. The van der Waals surface area contributed by atoms with Gasteiger partial charge in [-0.05, 0) is 26.0 Å². The molecule has 0 atom stereocenters. The summed E-state index contributed by atoms with van der Waals surface area (Å²) in [4.78, 5) is 15.5. The molecule has 2 aromatic carbocycles. The van der Waals surface area contributed by atoms with Crippen molar-refractivity contribution >= 4 is 13.0 Å². The van der Waals surface area contributed by atoms with Crippen LogP contribution in [-0.4, -0.2) is 22.8 Å². The SMILES string of the molecule is CCOP(=O)(OCC)c1[nH]c(=O)n(-c2ccccc2)c1-c1ccccc1. The van der Waals surface area contributed by atoms with Crippen LogP contribution in [0.2, 0.25) is 0 Å². The predicted octanol–water partition coefficient (Wildman–Crippen LogP) is 3.72. The van der Waals surface area contributed by atoms with E-state index in [2.05, 4.69) is 4.98 Å². The van der Waals surface area contributed by atoms with Gasteiger partial charge in [0.2, 0.25) is 0 Å². The van der Waals surface area contributed by atoms with Crippen LogP contribution in [0.1, 0.15) is 13.8 Å². The molecule has 136 valence electrons. The standard InChI is InChI=1S/C19H21N2O4P/c1-3-24-26(23,25-4-2)18-17(15-11-7-5-8-12-15)21(19(22)20-18)16-13-9-6-10-14-16/h5-14H,3-4H2,1-2H3,(H,20,22). The molecular weight excluding hydrogens is 351 g/mol. The largest absolute Gasteiger partial charge is 0.379 e. The lowest BCUT2D eigenvalue weighted by Gasteiger charge is -2.18. The van der Waals surface area contributed by atoms with Gasteiger partial charge in [-0.1, -0.05) is 48.5 Å². The van der Waals surface area contributed by atoms with E-state index in [9.17, 15) is 9.36 Å². The Morgan fingerprint density at radius 3 is 2.00 bits per heavy atom. The quantitative estimate of drug-likeness (QED) is 0.642. The molecule has 0 aliphatic heterocycles. The Balaban J connectivity index is 2.33. The second-order valence-electron chi connectivity index (χ2n) is 5.50. The molecule has 0 unspecified atom stereocenters. The van der Waals surface area contributed by atoms with Gasteiger partial charge in [-0.25, -0.2) is 4.79 Å². The zero-order valence-electron chi connectivity index (χ0n) is 14.7. The van der Waals surface area contributed by atoms with E-state index in [-0.39, 0.29) is 18.6 Å². The molecule has 0 radical (unpaired) electrons. The van der Waals surface area contributed by atoms with E-state index in [0.29, 0.717) is 11.4 Å². The molecule has 0 saturated carbocycles. The van der Waals surface area contributed by atoms with Crippen molar-refractivity contribution in [3.8, 4) is 16.9 Å². The molecule has 0 bridgehead atoms. The number of aromatic nitrogens is 2. The fourth-order valence-corrected chi connectivity index (χ4v) is 4.55. The highest BCUT2D eigenvalue weighted by Gasteiger charge is 2.35. The second kappa shape index (κ2) is 7.87. The lowest BCUT2D eigenvalue weighted by Crippen LogP contribution is -2.16. The predicted molar refractivity (Wildman–Crippen MR) is 102 cm³/mol. The summed E-state index contributed by atoms with van der Waals surface area (Å²) in [5, 5.41) is 0. The highest BCUT2D eigenvalue weighted by Crippen LogP contribution is 2.48. The van der Waals surface area contributed by atoms with E-state index in [1.54, 1.807) is 13.8 Å². The number of imidazole rings is 1. The third-order valence-electron chi connectivity index (χ3n) is 3.81. The number of hydrogen-bond donors (Lipinski definition) is 1. The Morgan fingerprint density at radius 2 is 1.46 bits per heavy atom. The van der Waals surface area contributed by atoms with Gasteiger partial charge in [0, 0.05) is 5.56 Å². The Hall–Kier alpha value is -2.40. The van der Waals surface area contributed by atoms with Crippen molar-refractivity contribution in [2.45, 2.75) is 13.8 Å². The average Bonchev–Trinajstić information content (AvgIpc) is 3.01. The van der Waals surface area contributed by atoms with Gasteiger partial charge in [0.05, 0.1) is 24.6 Å². The minimum absolute atomic E-state index is 0.168. The van der Waals surface area contributed by atoms with Crippen LogP contribution in [0.25, 0.3) is 16.9 Å². The minimum Gasteiger partial charge on any atom is -0.304 e. The number of rotatable bonds is 7. The number of nitrogens with zero attached hydrogens (tertiary/aromatic N) is 1. The summed E-state index contributed by atoms with van der Waals surface area (Å²) >= 11 is 0. The summed E-state index contributed by atoms with van der Waals surface area (Å²) in [5.41, 5.74) is 1.65. The van der Waals surface area contributed by atoms with Crippen molar-refractivity contribution in [2.24, 2.45) is 0 Å². The number of benzene rings is 2. The van der Waals surface area contributed by atoms with Crippen molar-refractivity contribution in [3.05, 3.63) is 71.1 Å². The first kappa shape index (κ1) is 18.4. The highest BCUT2D eigenvalue weighted by atomic mass is 31.2. The Labute approximate surface area is 151 Å². The fourth-order valence-electron chi connectivity index (χ4n) is 2.81. The van der Waals surface area contributed by atoms with Crippen LogP contribution >= 0.6 is 7.60 Å². The van der Waals surface area contributed by atoms with Gasteiger partial charge in [-0.15, -0.1) is 0 Å². The molecule has 3 rings (SSSR count). The molecule has 0 spiro atoms. The zero-order chi connectivity index (χ0) is 18.6. The van der Waals surface area contributed by atoms with Crippen LogP contribution in [0.4, 0.5) is 0 Å². The van der Waals surface area contributed by atoms with E-state index in [0.717, 1.165) is 5.56 Å². The van der Waals surface area contributed by atoms with Gasteiger partial charge in [0.1, 0.15) is 0 Å². The van der Waals surface area contributed by atoms with Crippen molar-refractivity contribution < 1.29 is 13.6 Å². The number of para-hydroxylation sites is 1. The van der Waals surface area contributed by atoms with Crippen LogP contribution < -0.4 is 11.1 Å². The topological polar surface area (TPSA) is 73.3 Å². The summed E-state index contributed by atoms with van der Waals surface area (Å²) in [7, 11) is -3.68. The fraction of sp³-hybridized carbons (Fsp3) is 0.211. The molecule has 3 aromatic rings. The number of H-pyrrole nitrogens is 1. The van der Waals surface area contributed by atoms with Gasteiger partial charge in [0.25, 0.3) is 0 Å². The van der Waals surface area contributed by atoms with E-state index in [1.807, 2.05) is 60.7 Å². The zero-order valence-corrected chi connectivity index (χ0v) is 15.6. The van der Waals surface area contributed by atoms with Crippen LogP contribution in [0.15, 0.2) is 65.5 Å². The third-order valence-corrected chi connectivity index (χ3v) is 5.88. The molecule has 0 aliphatic rings. The summed E-state index contributed by atoms with van der Waals surface area (Å²) in [5.74, 6) is 0. The molecule has 0 saturated heterocycles. The van der Waals surface area contributed by atoms with Crippen molar-refractivity contribution in [1.29, 1.82) is 0 Å². The summed E-state index contributed by atoms with van der Waals surface area (Å²) in [6.45, 7) is 3.87. The maximum absolute atomic E-state index is 13.4. The van der Waals surface area contributed by atoms with Gasteiger partial charge < -0.3 is 9.05 Å². The number of nitrogens with one attached hydrogen (secondary N) is 1. The summed E-state index contributed by atoms with van der Waals surface area (Å²) in [6, 6.07) is 18.5. The number of hydrogen-bond acceptors (Lipinski definition) is 4. The van der Waals surface area contributed by atoms with E-state index in [4.69, 9.17) is 9.05 Å². The Bertz CT molecular complexity index is 954. The highest BCUT2D eigenvalue weighted by molar-refractivity contribution is 7.62. The normalized spacial score (nSPS) is 11.6. The molecule has 0 fully saturated rings. The molecule has 0 amide bonds. The van der Waals surface area contributed by atoms with Crippen molar-refractivity contribution in [2.75, 3.05) is 13.2 Å². The Kier molecular flexibility index (Phi) is 5.57. The van der Waals surface area contributed by atoms with Crippen molar-refractivity contribution in [1.82, 2.24) is 9.55 Å². The van der Waals surface area contributed by atoms with Gasteiger partial charge in [0.15, 0.2) is 5.44 Å². The first-order valence-electron chi connectivity index (χ1n) is 8.46. The van der Waals surface area contributed by atoms with Crippen LogP contribution in [0.5, 0.6) is 0 Å². The lowest BCUT2D eigenvalue weighted by atomic mass is 10.1. The van der Waals surface area contributed by atoms with Gasteiger partial charge in [-0.3, -0.25) is 14.1 Å². The smallest absolute Gasteiger partial charge is 0.304 e. The van der Waals surface area contributed by atoms with Crippen molar-refractivity contribution in [3.63, 3.8) is 0 Å². The van der Waals surface area contributed by atoms with Crippen LogP contribution in [0.3, 0.4) is 0 Å². The molecule has 26 heavy (non-hydrogen) atoms. The third kappa shape index (κ3) is 3.44. The van der Waals surface area contributed by atoms with E-state index in [1.165, 1.54) is 4.57 Å². The average molecular weight is 372 g/mol. The Morgan fingerprint density at radius 1 is 0.923 bits per heavy atom. The lowest BCUT2D eigenvalue weighted by molar-refractivity contribution is 0.229. The number of aromatic amines is 1. The molecule has 1 aromatic heterocycles. The molecule has 1 N–H and O–H groups in total. The van der Waals surface area contributed by atoms with E-state index >= 15 is 0 Å². The maximum atomic E-state index is 13.4. The van der Waals surface area contributed by atoms with Gasteiger partial charge >= 0.3 is 13.3 Å². The van der Waals surface area contributed by atoms with Gasteiger partial charge in [-0.2, -0.15) is 0 Å². The first-order valence-corrected chi connectivity index (χ1v) is 10.0. The monoisotopic (exact) mass is 372 g/mol. The summed E-state index contributed by atoms with van der Waals surface area (Å²) in [6.07, 6.45) is 0. The van der Waals surface area contributed by atoms with Crippen LogP contribution in [-0.2, 0) is 13.6 Å². The maximum Gasteiger partial charge on any atom is 0.379 e. The molecular formula is C19H21N2O4P. The first-order chi connectivity index (χ1) is 12.6. The molecule has 0 aliphatic carbocycles.